The Morgan fingerprint density at radius 2 is 1.82 bits per heavy atom. The number of allylic oxidation sites excluding steroid dienone is 6. The standard InChI is InChI=1S/C22H26/c1-16-8-2-4-10-18(16)22-15-14-17-9-3-5-11-19(17)20-12-6-7-13-21(20)22/h2,4,6,8,10,12,22H,3,5,7,9,11,13-15H2,1H3. The number of aryl methyl sites for hydroxylation is 1. The average Bonchev–Trinajstić information content (AvgIpc) is 2.73. The Balaban J connectivity index is 1.83. The van der Waals surface area contributed by atoms with Gasteiger partial charge < -0.3 is 0 Å². The van der Waals surface area contributed by atoms with Crippen LogP contribution in [0.25, 0.3) is 0 Å². The number of hydrogen-bond acceptors (Lipinski definition) is 0. The Hall–Kier alpha value is -1.56. The Morgan fingerprint density at radius 3 is 2.73 bits per heavy atom. The summed E-state index contributed by atoms with van der Waals surface area (Å²) in [7, 11) is 0. The van der Waals surface area contributed by atoms with E-state index in [4.69, 9.17) is 0 Å². The van der Waals surface area contributed by atoms with Crippen molar-refractivity contribution in [3.63, 3.8) is 0 Å². The first kappa shape index (κ1) is 14.1. The molecule has 0 heteroatoms. The van der Waals surface area contributed by atoms with E-state index in [1.54, 1.807) is 27.9 Å². The maximum atomic E-state index is 2.45. The van der Waals surface area contributed by atoms with Gasteiger partial charge >= 0.3 is 0 Å². The van der Waals surface area contributed by atoms with Crippen LogP contribution in [0.2, 0.25) is 0 Å². The lowest BCUT2D eigenvalue weighted by atomic mass is 9.79. The van der Waals surface area contributed by atoms with Crippen molar-refractivity contribution < 1.29 is 0 Å². The summed E-state index contributed by atoms with van der Waals surface area (Å²) in [6, 6.07) is 9.05. The fourth-order valence-electron chi connectivity index (χ4n) is 4.72. The summed E-state index contributed by atoms with van der Waals surface area (Å²) in [5, 5.41) is 0. The Labute approximate surface area is 134 Å². The van der Waals surface area contributed by atoms with Crippen molar-refractivity contribution in [3.05, 3.63) is 69.8 Å². The highest BCUT2D eigenvalue weighted by molar-refractivity contribution is 5.53. The third-order valence-corrected chi connectivity index (χ3v) is 5.84. The molecule has 0 fully saturated rings. The molecule has 0 heterocycles. The molecular weight excluding hydrogens is 264 g/mol. The molecule has 0 saturated carbocycles. The molecule has 1 aromatic rings. The molecule has 0 nitrogen and oxygen atoms in total. The largest absolute Gasteiger partial charge is 0.0836 e. The van der Waals surface area contributed by atoms with E-state index >= 15 is 0 Å². The highest BCUT2D eigenvalue weighted by Crippen LogP contribution is 2.46. The van der Waals surface area contributed by atoms with Crippen LogP contribution in [0.3, 0.4) is 0 Å². The van der Waals surface area contributed by atoms with Crippen LogP contribution >= 0.6 is 0 Å². The molecule has 4 rings (SSSR count). The summed E-state index contributed by atoms with van der Waals surface area (Å²) in [4.78, 5) is 0. The normalized spacial score (nSPS) is 24.9. The molecule has 3 aliphatic carbocycles. The molecule has 1 unspecified atom stereocenters. The molecule has 3 aliphatic rings. The zero-order chi connectivity index (χ0) is 14.9. The van der Waals surface area contributed by atoms with Crippen LogP contribution in [-0.4, -0.2) is 0 Å². The zero-order valence-electron chi connectivity index (χ0n) is 13.7. The predicted molar refractivity (Wildman–Crippen MR) is 94.0 cm³/mol. The molecule has 0 amide bonds. The van der Waals surface area contributed by atoms with Crippen LogP contribution in [0.4, 0.5) is 0 Å². The van der Waals surface area contributed by atoms with E-state index in [1.807, 2.05) is 0 Å². The van der Waals surface area contributed by atoms with Crippen molar-refractivity contribution in [1.82, 2.24) is 0 Å². The summed E-state index contributed by atoms with van der Waals surface area (Å²) in [6.45, 7) is 2.28. The third-order valence-electron chi connectivity index (χ3n) is 5.84. The van der Waals surface area contributed by atoms with Crippen LogP contribution in [-0.2, 0) is 0 Å². The van der Waals surface area contributed by atoms with E-state index in [0.717, 1.165) is 0 Å². The maximum Gasteiger partial charge on any atom is 0.00630 e. The van der Waals surface area contributed by atoms with Gasteiger partial charge in [-0.2, -0.15) is 0 Å². The van der Waals surface area contributed by atoms with Gasteiger partial charge in [0, 0.05) is 5.92 Å². The summed E-state index contributed by atoms with van der Waals surface area (Å²) in [5.41, 5.74) is 9.92. The number of fused-ring (bicyclic) bond motifs is 1. The molecule has 1 aromatic carbocycles. The third kappa shape index (κ3) is 2.39. The lowest BCUT2D eigenvalue weighted by molar-refractivity contribution is 0.627. The molecule has 0 radical (unpaired) electrons. The molecular formula is C22H26. The average molecular weight is 290 g/mol. The molecule has 114 valence electrons. The molecule has 0 saturated heterocycles. The van der Waals surface area contributed by atoms with Crippen molar-refractivity contribution in [2.45, 2.75) is 64.2 Å². The lowest BCUT2D eigenvalue weighted by Gasteiger charge is -2.26. The number of rotatable bonds is 1. The van der Waals surface area contributed by atoms with Gasteiger partial charge in [0.1, 0.15) is 0 Å². The molecule has 0 spiro atoms. The van der Waals surface area contributed by atoms with Crippen molar-refractivity contribution in [2.24, 2.45) is 0 Å². The van der Waals surface area contributed by atoms with E-state index < -0.39 is 0 Å². The Bertz CT molecular complexity index is 669. The van der Waals surface area contributed by atoms with Crippen molar-refractivity contribution in [3.8, 4) is 0 Å². The first-order valence-electron chi connectivity index (χ1n) is 9.01. The van der Waals surface area contributed by atoms with Gasteiger partial charge in [0.2, 0.25) is 0 Å². The first-order valence-corrected chi connectivity index (χ1v) is 9.01. The van der Waals surface area contributed by atoms with E-state index in [0.29, 0.717) is 5.92 Å². The topological polar surface area (TPSA) is 0 Å². The molecule has 1 atom stereocenters. The smallest absolute Gasteiger partial charge is 0.00630 e. The van der Waals surface area contributed by atoms with Crippen LogP contribution in [0, 0.1) is 6.92 Å². The monoisotopic (exact) mass is 290 g/mol. The van der Waals surface area contributed by atoms with Gasteiger partial charge in [0.25, 0.3) is 0 Å². The summed E-state index contributed by atoms with van der Waals surface area (Å²) in [6.07, 6.45) is 15.4. The predicted octanol–water partition coefficient (Wildman–Crippen LogP) is 6.39. The second kappa shape index (κ2) is 5.91. The minimum absolute atomic E-state index is 0.645. The van der Waals surface area contributed by atoms with E-state index in [9.17, 15) is 0 Å². The van der Waals surface area contributed by atoms with E-state index in [2.05, 4.69) is 43.3 Å². The highest BCUT2D eigenvalue weighted by atomic mass is 14.3. The highest BCUT2D eigenvalue weighted by Gasteiger charge is 2.28. The van der Waals surface area contributed by atoms with E-state index in [-0.39, 0.29) is 0 Å². The number of hydrogen-bond donors (Lipinski definition) is 0. The van der Waals surface area contributed by atoms with Crippen LogP contribution < -0.4 is 0 Å². The molecule has 22 heavy (non-hydrogen) atoms. The van der Waals surface area contributed by atoms with Crippen molar-refractivity contribution >= 4 is 0 Å². The summed E-state index contributed by atoms with van der Waals surface area (Å²) >= 11 is 0. The SMILES string of the molecule is Cc1ccccc1C1CCC2=C(CCCC2)C2=C1CCC=C2. The lowest BCUT2D eigenvalue weighted by Crippen LogP contribution is -2.08. The minimum atomic E-state index is 0.645. The Kier molecular flexibility index (Phi) is 3.78. The first-order chi connectivity index (χ1) is 10.8. The van der Waals surface area contributed by atoms with Gasteiger partial charge in [0.05, 0.1) is 0 Å². The molecule has 0 aliphatic heterocycles. The molecule has 0 bridgehead atoms. The van der Waals surface area contributed by atoms with Crippen molar-refractivity contribution in [1.29, 1.82) is 0 Å². The fraction of sp³-hybridized carbons (Fsp3) is 0.455. The fourth-order valence-corrected chi connectivity index (χ4v) is 4.72. The van der Waals surface area contributed by atoms with Crippen LogP contribution in [0.15, 0.2) is 58.7 Å². The van der Waals surface area contributed by atoms with Gasteiger partial charge in [0.15, 0.2) is 0 Å². The minimum Gasteiger partial charge on any atom is -0.0836 e. The van der Waals surface area contributed by atoms with Gasteiger partial charge in [-0.3, -0.25) is 0 Å². The second-order valence-electron chi connectivity index (χ2n) is 7.12. The van der Waals surface area contributed by atoms with Gasteiger partial charge in [-0.25, -0.2) is 0 Å². The van der Waals surface area contributed by atoms with Crippen LogP contribution in [0.5, 0.6) is 0 Å². The van der Waals surface area contributed by atoms with Crippen molar-refractivity contribution in [2.75, 3.05) is 0 Å². The number of benzene rings is 1. The Morgan fingerprint density at radius 1 is 0.955 bits per heavy atom. The van der Waals surface area contributed by atoms with Gasteiger partial charge in [-0.05, 0) is 80.6 Å². The molecule has 0 aromatic heterocycles. The van der Waals surface area contributed by atoms with E-state index in [1.165, 1.54) is 56.9 Å². The van der Waals surface area contributed by atoms with Crippen LogP contribution in [0.1, 0.15) is 68.4 Å². The molecule has 0 N–H and O–H groups in total. The zero-order valence-corrected chi connectivity index (χ0v) is 13.7. The second-order valence-corrected chi connectivity index (χ2v) is 7.12. The summed E-state index contributed by atoms with van der Waals surface area (Å²) < 4.78 is 0. The quantitative estimate of drug-likeness (QED) is 0.562. The summed E-state index contributed by atoms with van der Waals surface area (Å²) in [5.74, 6) is 0.645. The maximum absolute atomic E-state index is 2.45. The van der Waals surface area contributed by atoms with Gasteiger partial charge in [-0.15, -0.1) is 0 Å². The van der Waals surface area contributed by atoms with Gasteiger partial charge in [-0.1, -0.05) is 47.6 Å².